The first-order valence-electron chi connectivity index (χ1n) is 9.95. The first-order valence-corrected chi connectivity index (χ1v) is 10.9. The monoisotopic (exact) mass is 422 g/mol. The normalized spacial score (nSPS) is 16.5. The van der Waals surface area contributed by atoms with Gasteiger partial charge in [0.2, 0.25) is 5.78 Å². The third-order valence-electron chi connectivity index (χ3n) is 5.39. The molecular weight excluding hydrogens is 400 g/mol. The molecule has 30 heavy (non-hydrogen) atoms. The first-order chi connectivity index (χ1) is 14.7. The summed E-state index contributed by atoms with van der Waals surface area (Å²) in [6.45, 7) is 2.81. The summed E-state index contributed by atoms with van der Waals surface area (Å²) in [5.41, 5.74) is 2.32. The lowest BCUT2D eigenvalue weighted by molar-refractivity contribution is 0.129. The Morgan fingerprint density at radius 3 is 2.90 bits per heavy atom. The number of thioether (sulfide) groups is 1. The quantitative estimate of drug-likeness (QED) is 0.458. The summed E-state index contributed by atoms with van der Waals surface area (Å²) in [6.07, 6.45) is 2.40. The smallest absolute Gasteiger partial charge is 0.267 e. The van der Waals surface area contributed by atoms with E-state index in [2.05, 4.69) is 10.2 Å². The number of ether oxygens (including phenoxy) is 2. The van der Waals surface area contributed by atoms with Crippen LogP contribution in [0.5, 0.6) is 5.75 Å². The highest BCUT2D eigenvalue weighted by atomic mass is 32.2. The molecule has 1 saturated heterocycles. The molecule has 0 radical (unpaired) electrons. The van der Waals surface area contributed by atoms with Crippen molar-refractivity contribution in [2.75, 3.05) is 19.5 Å². The molecule has 0 spiro atoms. The fourth-order valence-corrected chi connectivity index (χ4v) is 4.91. The largest absolute Gasteiger partial charge is 0.495 e. The minimum atomic E-state index is -0.148. The van der Waals surface area contributed by atoms with Gasteiger partial charge in [-0.25, -0.2) is 4.57 Å². The van der Waals surface area contributed by atoms with Gasteiger partial charge in [0, 0.05) is 12.4 Å². The van der Waals surface area contributed by atoms with Gasteiger partial charge in [0.25, 0.3) is 5.56 Å². The summed E-state index contributed by atoms with van der Waals surface area (Å²) >= 11 is 1.61. The van der Waals surface area contributed by atoms with Gasteiger partial charge in [0.05, 0.1) is 29.8 Å². The molecule has 0 N–H and O–H groups in total. The van der Waals surface area contributed by atoms with Crippen LogP contribution in [0.2, 0.25) is 0 Å². The van der Waals surface area contributed by atoms with Crippen molar-refractivity contribution in [2.24, 2.45) is 0 Å². The Bertz CT molecular complexity index is 1290. The van der Waals surface area contributed by atoms with Crippen molar-refractivity contribution in [3.05, 3.63) is 58.4 Å². The van der Waals surface area contributed by atoms with Gasteiger partial charge in [0.1, 0.15) is 5.75 Å². The number of nitrogens with zero attached hydrogens (tertiary/aromatic N) is 4. The van der Waals surface area contributed by atoms with Crippen molar-refractivity contribution in [2.45, 2.75) is 31.0 Å². The highest BCUT2D eigenvalue weighted by molar-refractivity contribution is 7.99. The van der Waals surface area contributed by atoms with Crippen LogP contribution in [0.15, 0.2) is 52.4 Å². The van der Waals surface area contributed by atoms with Crippen LogP contribution in [-0.4, -0.2) is 44.7 Å². The Labute approximate surface area is 177 Å². The lowest BCUT2D eigenvalue weighted by atomic mass is 10.2. The highest BCUT2D eigenvalue weighted by Gasteiger charge is 2.22. The van der Waals surface area contributed by atoms with E-state index in [1.165, 1.54) is 0 Å². The van der Waals surface area contributed by atoms with Gasteiger partial charge in [-0.2, -0.15) is 0 Å². The van der Waals surface area contributed by atoms with Gasteiger partial charge < -0.3 is 9.47 Å². The second kappa shape index (κ2) is 7.77. The molecule has 0 amide bonds. The SMILES string of the molecule is COc1ccc(C)cc1-n1c(=O)c2ccccc2n2c(SCC3CCCO3)nnc12. The van der Waals surface area contributed by atoms with E-state index in [1.54, 1.807) is 23.4 Å². The zero-order valence-electron chi connectivity index (χ0n) is 16.9. The van der Waals surface area contributed by atoms with Crippen molar-refractivity contribution in [3.63, 3.8) is 0 Å². The number of aromatic nitrogens is 4. The highest BCUT2D eigenvalue weighted by Crippen LogP contribution is 2.29. The molecule has 1 aliphatic heterocycles. The van der Waals surface area contributed by atoms with Crippen molar-refractivity contribution in [1.82, 2.24) is 19.2 Å². The molecule has 2 aromatic heterocycles. The third kappa shape index (κ3) is 3.16. The predicted molar refractivity (Wildman–Crippen MR) is 117 cm³/mol. The van der Waals surface area contributed by atoms with Crippen LogP contribution in [0.3, 0.4) is 0 Å². The van der Waals surface area contributed by atoms with Crippen LogP contribution in [0, 0.1) is 6.92 Å². The van der Waals surface area contributed by atoms with E-state index in [9.17, 15) is 4.79 Å². The maximum Gasteiger partial charge on any atom is 0.267 e. The van der Waals surface area contributed by atoms with E-state index in [1.807, 2.05) is 53.8 Å². The van der Waals surface area contributed by atoms with E-state index in [0.29, 0.717) is 22.6 Å². The molecule has 5 rings (SSSR count). The number of aryl methyl sites for hydroxylation is 1. The molecular formula is C22H22N4O3S. The molecule has 8 heteroatoms. The molecule has 1 unspecified atom stereocenters. The number of fused-ring (bicyclic) bond motifs is 3. The zero-order valence-corrected chi connectivity index (χ0v) is 17.7. The van der Waals surface area contributed by atoms with Gasteiger partial charge in [-0.3, -0.25) is 9.20 Å². The van der Waals surface area contributed by atoms with Crippen LogP contribution in [0.4, 0.5) is 0 Å². The first kappa shape index (κ1) is 19.1. The van der Waals surface area contributed by atoms with E-state index in [4.69, 9.17) is 9.47 Å². The fraction of sp³-hybridized carbons (Fsp3) is 0.318. The number of hydrogen-bond donors (Lipinski definition) is 0. The van der Waals surface area contributed by atoms with E-state index < -0.39 is 0 Å². The van der Waals surface area contributed by atoms with E-state index in [0.717, 1.165) is 41.4 Å². The summed E-state index contributed by atoms with van der Waals surface area (Å²) < 4.78 is 14.9. The van der Waals surface area contributed by atoms with Crippen molar-refractivity contribution >= 4 is 28.4 Å². The van der Waals surface area contributed by atoms with E-state index in [-0.39, 0.29) is 11.7 Å². The number of para-hydroxylation sites is 1. The molecule has 2 aromatic carbocycles. The summed E-state index contributed by atoms with van der Waals surface area (Å²) in [7, 11) is 1.60. The number of hydrogen-bond acceptors (Lipinski definition) is 6. The molecule has 1 fully saturated rings. The molecule has 154 valence electrons. The third-order valence-corrected chi connectivity index (χ3v) is 6.45. The minimum Gasteiger partial charge on any atom is -0.495 e. The lowest BCUT2D eigenvalue weighted by Crippen LogP contribution is -2.22. The van der Waals surface area contributed by atoms with Crippen LogP contribution >= 0.6 is 11.8 Å². The van der Waals surface area contributed by atoms with Crippen molar-refractivity contribution in [1.29, 1.82) is 0 Å². The molecule has 7 nitrogen and oxygen atoms in total. The summed E-state index contributed by atoms with van der Waals surface area (Å²) in [5.74, 6) is 1.89. The molecule has 0 bridgehead atoms. The Hall–Kier alpha value is -2.84. The second-order valence-corrected chi connectivity index (χ2v) is 8.38. The molecule has 4 aromatic rings. The van der Waals surface area contributed by atoms with Gasteiger partial charge >= 0.3 is 0 Å². The second-order valence-electron chi connectivity index (χ2n) is 7.40. The predicted octanol–water partition coefficient (Wildman–Crippen LogP) is 3.62. The van der Waals surface area contributed by atoms with E-state index >= 15 is 0 Å². The summed E-state index contributed by atoms with van der Waals surface area (Å²) in [6, 6.07) is 13.3. The Morgan fingerprint density at radius 1 is 1.23 bits per heavy atom. The van der Waals surface area contributed by atoms with Crippen LogP contribution in [0.1, 0.15) is 18.4 Å². The Balaban J connectivity index is 1.76. The minimum absolute atomic E-state index is 0.148. The number of rotatable bonds is 5. The lowest BCUT2D eigenvalue weighted by Gasteiger charge is -2.15. The van der Waals surface area contributed by atoms with Crippen molar-refractivity contribution in [3.8, 4) is 11.4 Å². The Morgan fingerprint density at radius 2 is 2.10 bits per heavy atom. The molecule has 0 saturated carbocycles. The van der Waals surface area contributed by atoms with Gasteiger partial charge in [-0.1, -0.05) is 30.0 Å². The molecule has 3 heterocycles. The fourth-order valence-electron chi connectivity index (χ4n) is 3.91. The van der Waals surface area contributed by atoms with Gasteiger partial charge in [0.15, 0.2) is 5.16 Å². The standard InChI is InChI=1S/C22H22N4O3S/c1-14-9-10-19(28-2)18(12-14)25-20(27)16-7-3-4-8-17(16)26-21(25)23-24-22(26)30-13-15-6-5-11-29-15/h3-4,7-10,12,15H,5-6,11,13H2,1-2H3. The average molecular weight is 423 g/mol. The number of benzene rings is 2. The molecule has 0 aliphatic carbocycles. The maximum absolute atomic E-state index is 13.5. The van der Waals surface area contributed by atoms with Crippen LogP contribution < -0.4 is 10.3 Å². The topological polar surface area (TPSA) is 70.7 Å². The molecule has 1 atom stereocenters. The zero-order chi connectivity index (χ0) is 20.7. The van der Waals surface area contributed by atoms with Gasteiger partial charge in [-0.05, 0) is 49.6 Å². The summed E-state index contributed by atoms with van der Waals surface area (Å²) in [4.78, 5) is 13.5. The molecule has 1 aliphatic rings. The van der Waals surface area contributed by atoms with Crippen LogP contribution in [0.25, 0.3) is 22.4 Å². The maximum atomic E-state index is 13.5. The Kier molecular flexibility index (Phi) is 4.96. The average Bonchev–Trinajstić information content (AvgIpc) is 3.43. The number of methoxy groups -OCH3 is 1. The summed E-state index contributed by atoms with van der Waals surface area (Å²) in [5, 5.41) is 10.2. The van der Waals surface area contributed by atoms with Gasteiger partial charge in [-0.15, -0.1) is 10.2 Å². The van der Waals surface area contributed by atoms with Crippen LogP contribution in [-0.2, 0) is 4.74 Å². The van der Waals surface area contributed by atoms with Crippen molar-refractivity contribution < 1.29 is 9.47 Å².